The van der Waals surface area contributed by atoms with E-state index in [0.717, 1.165) is 17.2 Å². The van der Waals surface area contributed by atoms with Gasteiger partial charge in [0.2, 0.25) is 10.0 Å². The van der Waals surface area contributed by atoms with Crippen LogP contribution in [0, 0.1) is 12.7 Å². The van der Waals surface area contributed by atoms with Gasteiger partial charge in [0.15, 0.2) is 0 Å². The zero-order valence-corrected chi connectivity index (χ0v) is 15.1. The minimum atomic E-state index is -3.37. The van der Waals surface area contributed by atoms with Gasteiger partial charge in [-0.05, 0) is 37.1 Å². The Kier molecular flexibility index (Phi) is 5.13. The monoisotopic (exact) mass is 377 g/mol. The van der Waals surface area contributed by atoms with Crippen molar-refractivity contribution < 1.29 is 17.6 Å². The molecule has 8 heteroatoms. The zero-order chi connectivity index (χ0) is 18.7. The van der Waals surface area contributed by atoms with Crippen LogP contribution in [0.4, 0.5) is 20.6 Å². The predicted molar refractivity (Wildman–Crippen MR) is 99.2 cm³/mol. The highest BCUT2D eigenvalue weighted by Gasteiger charge is 2.28. The molecule has 2 amide bonds. The summed E-state index contributed by atoms with van der Waals surface area (Å²) in [5.74, 6) is -0.555. The number of anilines is 2. The maximum Gasteiger partial charge on any atom is 0.319 e. The summed E-state index contributed by atoms with van der Waals surface area (Å²) in [7, 11) is -3.37. The van der Waals surface area contributed by atoms with Crippen LogP contribution in [0.2, 0.25) is 0 Å². The molecule has 138 valence electrons. The standard InChI is InChI=1S/C18H20FN3O3S/c1-13-3-5-14(6-4-13)12-20-18(23)21-17-11-15(7-8-16(17)19)22-9-2-10-26(22,24)25/h3-8,11H,2,9-10,12H2,1H3,(H2,20,21,23). The van der Waals surface area contributed by atoms with Crippen LogP contribution in [0.1, 0.15) is 17.5 Å². The molecule has 1 fully saturated rings. The lowest BCUT2D eigenvalue weighted by molar-refractivity contribution is 0.251. The number of benzene rings is 2. The van der Waals surface area contributed by atoms with Crippen molar-refractivity contribution in [2.75, 3.05) is 21.9 Å². The number of carbonyl (C=O) groups is 1. The number of nitrogens with zero attached hydrogens (tertiary/aromatic N) is 1. The number of aryl methyl sites for hydroxylation is 1. The highest BCUT2D eigenvalue weighted by atomic mass is 32.2. The van der Waals surface area contributed by atoms with Crippen molar-refractivity contribution in [1.29, 1.82) is 0 Å². The first kappa shape index (κ1) is 18.2. The van der Waals surface area contributed by atoms with E-state index >= 15 is 0 Å². The van der Waals surface area contributed by atoms with Crippen LogP contribution in [-0.2, 0) is 16.6 Å². The molecule has 1 aliphatic rings. The van der Waals surface area contributed by atoms with Crippen molar-refractivity contribution in [1.82, 2.24) is 5.32 Å². The summed E-state index contributed by atoms with van der Waals surface area (Å²) in [6, 6.07) is 11.0. The molecular formula is C18H20FN3O3S. The molecule has 0 spiro atoms. The molecule has 0 radical (unpaired) electrons. The molecule has 0 saturated carbocycles. The van der Waals surface area contributed by atoms with Gasteiger partial charge in [-0.25, -0.2) is 17.6 Å². The minimum Gasteiger partial charge on any atom is -0.334 e. The lowest BCUT2D eigenvalue weighted by atomic mass is 10.1. The van der Waals surface area contributed by atoms with E-state index in [0.29, 0.717) is 25.2 Å². The summed E-state index contributed by atoms with van der Waals surface area (Å²) < 4.78 is 39.2. The van der Waals surface area contributed by atoms with Gasteiger partial charge in [-0.1, -0.05) is 29.8 Å². The van der Waals surface area contributed by atoms with Gasteiger partial charge in [0.1, 0.15) is 5.82 Å². The maximum atomic E-state index is 14.0. The topological polar surface area (TPSA) is 78.5 Å². The van der Waals surface area contributed by atoms with Crippen molar-refractivity contribution in [2.24, 2.45) is 0 Å². The first-order valence-electron chi connectivity index (χ1n) is 8.25. The van der Waals surface area contributed by atoms with E-state index in [1.165, 1.54) is 16.4 Å². The molecule has 2 aromatic rings. The molecule has 0 unspecified atom stereocenters. The van der Waals surface area contributed by atoms with Crippen molar-refractivity contribution in [3.8, 4) is 0 Å². The lowest BCUT2D eigenvalue weighted by Gasteiger charge is -2.18. The first-order chi connectivity index (χ1) is 12.3. The van der Waals surface area contributed by atoms with Crippen LogP contribution in [0.25, 0.3) is 0 Å². The van der Waals surface area contributed by atoms with E-state index in [4.69, 9.17) is 0 Å². The fraction of sp³-hybridized carbons (Fsp3) is 0.278. The van der Waals surface area contributed by atoms with Crippen molar-refractivity contribution in [3.05, 3.63) is 59.4 Å². The molecule has 26 heavy (non-hydrogen) atoms. The van der Waals surface area contributed by atoms with E-state index in [2.05, 4.69) is 10.6 Å². The summed E-state index contributed by atoms with van der Waals surface area (Å²) in [6.07, 6.45) is 0.527. The molecule has 0 aliphatic carbocycles. The van der Waals surface area contributed by atoms with Gasteiger partial charge in [-0.3, -0.25) is 4.31 Å². The highest BCUT2D eigenvalue weighted by molar-refractivity contribution is 7.93. The molecule has 0 aromatic heterocycles. The third-order valence-electron chi connectivity index (χ3n) is 4.16. The number of sulfonamides is 1. The minimum absolute atomic E-state index is 0.0639. The Bertz CT molecular complexity index is 914. The molecule has 6 nitrogen and oxygen atoms in total. The van der Waals surface area contributed by atoms with Crippen molar-refractivity contribution in [2.45, 2.75) is 19.9 Å². The van der Waals surface area contributed by atoms with Gasteiger partial charge in [0.05, 0.1) is 17.1 Å². The van der Waals surface area contributed by atoms with Crippen LogP contribution in [0.3, 0.4) is 0 Å². The van der Waals surface area contributed by atoms with Crippen LogP contribution >= 0.6 is 0 Å². The summed E-state index contributed by atoms with van der Waals surface area (Å²) in [6.45, 7) is 2.63. The van der Waals surface area contributed by atoms with E-state index in [9.17, 15) is 17.6 Å². The second-order valence-corrected chi connectivity index (χ2v) is 8.21. The molecule has 3 rings (SSSR count). The average molecular weight is 377 g/mol. The van der Waals surface area contributed by atoms with Gasteiger partial charge in [-0.15, -0.1) is 0 Å². The molecule has 0 bridgehead atoms. The molecule has 1 aliphatic heterocycles. The fourth-order valence-corrected chi connectivity index (χ4v) is 4.30. The molecule has 2 N–H and O–H groups in total. The number of amides is 2. The maximum absolute atomic E-state index is 14.0. The van der Waals surface area contributed by atoms with E-state index < -0.39 is 21.9 Å². The Hall–Kier alpha value is -2.61. The summed E-state index contributed by atoms with van der Waals surface area (Å²) in [5.41, 5.74) is 2.32. The number of urea groups is 1. The summed E-state index contributed by atoms with van der Waals surface area (Å²) >= 11 is 0. The largest absolute Gasteiger partial charge is 0.334 e. The summed E-state index contributed by atoms with van der Waals surface area (Å²) in [5, 5.41) is 5.09. The number of nitrogens with one attached hydrogen (secondary N) is 2. The van der Waals surface area contributed by atoms with Crippen LogP contribution in [-0.4, -0.2) is 26.7 Å². The van der Waals surface area contributed by atoms with E-state index in [-0.39, 0.29) is 11.4 Å². The average Bonchev–Trinajstić information content (AvgIpc) is 2.95. The third-order valence-corrected chi connectivity index (χ3v) is 6.03. The number of carbonyl (C=O) groups excluding carboxylic acids is 1. The zero-order valence-electron chi connectivity index (χ0n) is 14.3. The molecule has 2 aromatic carbocycles. The van der Waals surface area contributed by atoms with Crippen LogP contribution in [0.5, 0.6) is 0 Å². The van der Waals surface area contributed by atoms with Gasteiger partial charge < -0.3 is 10.6 Å². The lowest BCUT2D eigenvalue weighted by Crippen LogP contribution is -2.29. The van der Waals surface area contributed by atoms with Crippen LogP contribution in [0.15, 0.2) is 42.5 Å². The smallest absolute Gasteiger partial charge is 0.319 e. The van der Waals surface area contributed by atoms with Gasteiger partial charge in [0.25, 0.3) is 0 Å². The second-order valence-electron chi connectivity index (χ2n) is 6.20. The van der Waals surface area contributed by atoms with E-state index in [1.807, 2.05) is 31.2 Å². The second kappa shape index (κ2) is 7.33. The Morgan fingerprint density at radius 2 is 1.92 bits per heavy atom. The predicted octanol–water partition coefficient (Wildman–Crippen LogP) is 3.00. The number of hydrogen-bond donors (Lipinski definition) is 2. The van der Waals surface area contributed by atoms with Crippen molar-refractivity contribution >= 4 is 27.4 Å². The quantitative estimate of drug-likeness (QED) is 0.860. The highest BCUT2D eigenvalue weighted by Crippen LogP contribution is 2.28. The number of hydrogen-bond acceptors (Lipinski definition) is 3. The molecule has 1 heterocycles. The van der Waals surface area contributed by atoms with Gasteiger partial charge >= 0.3 is 6.03 Å². The number of rotatable bonds is 4. The fourth-order valence-electron chi connectivity index (χ4n) is 2.75. The molecule has 1 saturated heterocycles. The Morgan fingerprint density at radius 1 is 1.19 bits per heavy atom. The molecular weight excluding hydrogens is 357 g/mol. The van der Waals surface area contributed by atoms with Gasteiger partial charge in [0, 0.05) is 13.1 Å². The third kappa shape index (κ3) is 4.13. The normalized spacial score (nSPS) is 15.7. The SMILES string of the molecule is Cc1ccc(CNC(=O)Nc2cc(N3CCCS3(=O)=O)ccc2F)cc1. The Labute approximate surface area is 152 Å². The first-order valence-corrected chi connectivity index (χ1v) is 9.86. The number of halogens is 1. The molecule has 0 atom stereocenters. The Balaban J connectivity index is 1.68. The Morgan fingerprint density at radius 3 is 2.58 bits per heavy atom. The van der Waals surface area contributed by atoms with Gasteiger partial charge in [-0.2, -0.15) is 0 Å². The van der Waals surface area contributed by atoms with Crippen LogP contribution < -0.4 is 14.9 Å². The summed E-state index contributed by atoms with van der Waals surface area (Å²) in [4.78, 5) is 12.0. The van der Waals surface area contributed by atoms with Crippen molar-refractivity contribution in [3.63, 3.8) is 0 Å². The van der Waals surface area contributed by atoms with E-state index in [1.54, 1.807) is 0 Å².